The SMILES string of the molecule is Cc1cc([C@H](O)C(F)(F)F)c(C)[nH]1. The molecule has 0 spiro atoms. The number of aromatic nitrogens is 1. The van der Waals surface area contributed by atoms with Gasteiger partial charge in [0.2, 0.25) is 0 Å². The highest BCUT2D eigenvalue weighted by molar-refractivity contribution is 5.27. The number of hydrogen-bond acceptors (Lipinski definition) is 1. The van der Waals surface area contributed by atoms with E-state index in [1.165, 1.54) is 13.0 Å². The number of H-pyrrole nitrogens is 1. The van der Waals surface area contributed by atoms with Crippen LogP contribution in [0.15, 0.2) is 6.07 Å². The smallest absolute Gasteiger partial charge is 0.379 e. The van der Waals surface area contributed by atoms with Crippen molar-refractivity contribution in [1.82, 2.24) is 4.98 Å². The Bertz CT molecular complexity index is 303. The topological polar surface area (TPSA) is 36.0 Å². The third-order valence-corrected chi connectivity index (χ3v) is 1.79. The standard InChI is InChI=1S/C8H10F3NO/c1-4-3-6(5(2)12-4)7(13)8(9,10)11/h3,7,12-13H,1-2H3/t7-/m0/s1. The lowest BCUT2D eigenvalue weighted by Crippen LogP contribution is -2.20. The number of rotatable bonds is 1. The van der Waals surface area contributed by atoms with Crippen LogP contribution in [0.1, 0.15) is 23.1 Å². The molecule has 13 heavy (non-hydrogen) atoms. The molecule has 0 bridgehead atoms. The van der Waals surface area contributed by atoms with Gasteiger partial charge in [-0.25, -0.2) is 0 Å². The first-order valence-electron chi connectivity index (χ1n) is 3.73. The predicted molar refractivity (Wildman–Crippen MR) is 41.3 cm³/mol. The molecule has 0 aromatic carbocycles. The van der Waals surface area contributed by atoms with Gasteiger partial charge in [0.25, 0.3) is 0 Å². The van der Waals surface area contributed by atoms with E-state index >= 15 is 0 Å². The van der Waals surface area contributed by atoms with E-state index in [9.17, 15) is 13.2 Å². The molecule has 1 heterocycles. The number of aryl methyl sites for hydroxylation is 2. The summed E-state index contributed by atoms with van der Waals surface area (Å²) in [4.78, 5) is 2.70. The number of nitrogens with one attached hydrogen (secondary N) is 1. The zero-order valence-corrected chi connectivity index (χ0v) is 7.24. The van der Waals surface area contributed by atoms with Gasteiger partial charge in [0, 0.05) is 17.0 Å². The third-order valence-electron chi connectivity index (χ3n) is 1.79. The maximum atomic E-state index is 12.1. The van der Waals surface area contributed by atoms with Crippen LogP contribution in [0.3, 0.4) is 0 Å². The van der Waals surface area contributed by atoms with E-state index in [0.717, 1.165) is 0 Å². The zero-order valence-electron chi connectivity index (χ0n) is 7.24. The van der Waals surface area contributed by atoms with Crippen molar-refractivity contribution in [3.63, 3.8) is 0 Å². The van der Waals surface area contributed by atoms with Crippen molar-refractivity contribution in [3.05, 3.63) is 23.0 Å². The van der Waals surface area contributed by atoms with Crippen LogP contribution in [0, 0.1) is 13.8 Å². The molecule has 0 aliphatic carbocycles. The summed E-state index contributed by atoms with van der Waals surface area (Å²) in [5.74, 6) is 0. The summed E-state index contributed by atoms with van der Waals surface area (Å²) in [5, 5.41) is 8.91. The van der Waals surface area contributed by atoms with Crippen LogP contribution in [0.5, 0.6) is 0 Å². The van der Waals surface area contributed by atoms with Gasteiger partial charge in [-0.3, -0.25) is 0 Å². The van der Waals surface area contributed by atoms with Gasteiger partial charge in [-0.2, -0.15) is 13.2 Å². The minimum Gasteiger partial charge on any atom is -0.379 e. The molecule has 0 aliphatic rings. The number of aliphatic hydroxyl groups is 1. The summed E-state index contributed by atoms with van der Waals surface area (Å²) in [6.07, 6.45) is -6.99. The van der Waals surface area contributed by atoms with Crippen molar-refractivity contribution in [2.75, 3.05) is 0 Å². The van der Waals surface area contributed by atoms with E-state index in [0.29, 0.717) is 11.4 Å². The largest absolute Gasteiger partial charge is 0.418 e. The van der Waals surface area contributed by atoms with Crippen molar-refractivity contribution < 1.29 is 18.3 Å². The van der Waals surface area contributed by atoms with Crippen molar-refractivity contribution >= 4 is 0 Å². The second kappa shape index (κ2) is 3.06. The molecule has 0 aliphatic heterocycles. The molecule has 0 amide bonds. The van der Waals surface area contributed by atoms with Gasteiger partial charge >= 0.3 is 6.18 Å². The van der Waals surface area contributed by atoms with E-state index in [1.54, 1.807) is 6.92 Å². The van der Waals surface area contributed by atoms with Crippen LogP contribution < -0.4 is 0 Å². The summed E-state index contributed by atoms with van der Waals surface area (Å²) in [6.45, 7) is 3.14. The van der Waals surface area contributed by atoms with E-state index < -0.39 is 12.3 Å². The Labute approximate surface area is 73.4 Å². The second-order valence-electron chi connectivity index (χ2n) is 2.98. The summed E-state index contributed by atoms with van der Waals surface area (Å²) in [7, 11) is 0. The Morgan fingerprint density at radius 2 is 1.92 bits per heavy atom. The minimum absolute atomic E-state index is 0.106. The minimum atomic E-state index is -4.60. The highest BCUT2D eigenvalue weighted by Gasteiger charge is 2.40. The predicted octanol–water partition coefficient (Wildman–Crippen LogP) is 2.23. The molecule has 1 atom stereocenters. The van der Waals surface area contributed by atoms with E-state index in [1.807, 2.05) is 0 Å². The van der Waals surface area contributed by atoms with Gasteiger partial charge in [0.15, 0.2) is 6.10 Å². The molecule has 1 aromatic heterocycles. The van der Waals surface area contributed by atoms with Crippen molar-refractivity contribution in [1.29, 1.82) is 0 Å². The Morgan fingerprint density at radius 3 is 2.23 bits per heavy atom. The number of aromatic amines is 1. The molecular formula is C8H10F3NO. The van der Waals surface area contributed by atoms with Gasteiger partial charge < -0.3 is 10.1 Å². The molecule has 5 heteroatoms. The van der Waals surface area contributed by atoms with Gasteiger partial charge in [0.05, 0.1) is 0 Å². The second-order valence-corrected chi connectivity index (χ2v) is 2.98. The third kappa shape index (κ3) is 2.03. The maximum absolute atomic E-state index is 12.1. The molecule has 1 rings (SSSR count). The average Bonchev–Trinajstić information content (AvgIpc) is 2.26. The summed E-state index contributed by atoms with van der Waals surface area (Å²) in [5.41, 5.74) is 0.850. The number of aliphatic hydroxyl groups excluding tert-OH is 1. The number of halogens is 3. The first kappa shape index (κ1) is 10.1. The Morgan fingerprint density at radius 1 is 1.38 bits per heavy atom. The Hall–Kier alpha value is -0.970. The molecule has 0 saturated heterocycles. The number of hydrogen-bond donors (Lipinski definition) is 2. The molecule has 0 fully saturated rings. The average molecular weight is 193 g/mol. The zero-order chi connectivity index (χ0) is 10.2. The molecule has 74 valence electrons. The van der Waals surface area contributed by atoms with Gasteiger partial charge in [-0.1, -0.05) is 0 Å². The lowest BCUT2D eigenvalue weighted by atomic mass is 10.1. The molecular weight excluding hydrogens is 183 g/mol. The lowest BCUT2D eigenvalue weighted by Gasteiger charge is -2.13. The van der Waals surface area contributed by atoms with Crippen molar-refractivity contribution in [2.45, 2.75) is 26.1 Å². The molecule has 2 N–H and O–H groups in total. The summed E-state index contributed by atoms with van der Waals surface area (Å²) < 4.78 is 36.2. The first-order valence-corrected chi connectivity index (χ1v) is 3.73. The quantitative estimate of drug-likeness (QED) is 0.704. The van der Waals surface area contributed by atoms with Crippen LogP contribution in [0.2, 0.25) is 0 Å². The van der Waals surface area contributed by atoms with Gasteiger partial charge in [-0.15, -0.1) is 0 Å². The fourth-order valence-corrected chi connectivity index (χ4v) is 1.21. The van der Waals surface area contributed by atoms with Gasteiger partial charge in [0.1, 0.15) is 0 Å². The van der Waals surface area contributed by atoms with E-state index in [-0.39, 0.29) is 5.56 Å². The van der Waals surface area contributed by atoms with Crippen LogP contribution >= 0.6 is 0 Å². The van der Waals surface area contributed by atoms with Crippen molar-refractivity contribution in [3.8, 4) is 0 Å². The van der Waals surface area contributed by atoms with E-state index in [2.05, 4.69) is 4.98 Å². The molecule has 0 radical (unpaired) electrons. The molecule has 0 unspecified atom stereocenters. The number of alkyl halides is 3. The molecule has 1 aromatic rings. The normalized spacial score (nSPS) is 14.6. The Kier molecular flexibility index (Phi) is 2.38. The molecule has 0 saturated carbocycles. The van der Waals surface area contributed by atoms with Crippen LogP contribution in [-0.4, -0.2) is 16.3 Å². The Balaban J connectivity index is 3.01. The highest BCUT2D eigenvalue weighted by Crippen LogP contribution is 2.34. The first-order chi connectivity index (χ1) is 5.82. The van der Waals surface area contributed by atoms with Crippen LogP contribution in [0.25, 0.3) is 0 Å². The van der Waals surface area contributed by atoms with Crippen LogP contribution in [0.4, 0.5) is 13.2 Å². The van der Waals surface area contributed by atoms with Gasteiger partial charge in [-0.05, 0) is 19.9 Å². The summed E-state index contributed by atoms with van der Waals surface area (Å²) >= 11 is 0. The fourth-order valence-electron chi connectivity index (χ4n) is 1.21. The lowest BCUT2D eigenvalue weighted by molar-refractivity contribution is -0.206. The highest BCUT2D eigenvalue weighted by atomic mass is 19.4. The van der Waals surface area contributed by atoms with Crippen molar-refractivity contribution in [2.24, 2.45) is 0 Å². The maximum Gasteiger partial charge on any atom is 0.418 e. The monoisotopic (exact) mass is 193 g/mol. The summed E-state index contributed by atoms with van der Waals surface area (Å²) in [6, 6.07) is 1.30. The fraction of sp³-hybridized carbons (Fsp3) is 0.500. The molecule has 2 nitrogen and oxygen atoms in total. The van der Waals surface area contributed by atoms with Crippen LogP contribution in [-0.2, 0) is 0 Å². The van der Waals surface area contributed by atoms with E-state index in [4.69, 9.17) is 5.11 Å².